The number of aliphatic imine (C=N–C) groups is 1. The third-order valence-electron chi connectivity index (χ3n) is 3.93. The Balaban J connectivity index is 1.50. The fraction of sp³-hybridized carbons (Fsp3) is 0.300. The monoisotopic (exact) mass is 353 g/mol. The van der Waals surface area contributed by atoms with Crippen LogP contribution in [0.2, 0.25) is 0 Å². The lowest BCUT2D eigenvalue weighted by atomic mass is 10.1. The van der Waals surface area contributed by atoms with E-state index in [-0.39, 0.29) is 12.3 Å². The van der Waals surface area contributed by atoms with Gasteiger partial charge in [-0.2, -0.15) is 0 Å². The molecule has 1 amide bonds. The number of ether oxygens (including phenoxy) is 1. The van der Waals surface area contributed by atoms with E-state index in [1.54, 1.807) is 19.0 Å². The summed E-state index contributed by atoms with van der Waals surface area (Å²) < 4.78 is 5.56. The smallest absolute Gasteiger partial charge is 0.225 e. The minimum absolute atomic E-state index is 0.129. The fourth-order valence-electron chi connectivity index (χ4n) is 2.79. The van der Waals surface area contributed by atoms with Gasteiger partial charge in [-0.3, -0.25) is 4.79 Å². The van der Waals surface area contributed by atoms with Crippen LogP contribution in [0.4, 0.5) is 0 Å². The van der Waals surface area contributed by atoms with Crippen molar-refractivity contribution in [3.63, 3.8) is 0 Å². The zero-order valence-electron chi connectivity index (χ0n) is 15.0. The molecule has 1 unspecified atom stereocenters. The van der Waals surface area contributed by atoms with Gasteiger partial charge in [0.2, 0.25) is 5.91 Å². The summed E-state index contributed by atoms with van der Waals surface area (Å²) in [6.45, 7) is 2.64. The molecule has 0 bridgehead atoms. The predicted molar refractivity (Wildman–Crippen MR) is 99.8 cm³/mol. The molecule has 1 atom stereocenters. The zero-order chi connectivity index (χ0) is 18.4. The molecule has 6 heteroatoms. The lowest BCUT2D eigenvalue weighted by Crippen LogP contribution is -2.36. The van der Waals surface area contributed by atoms with Crippen LogP contribution in [0.5, 0.6) is 5.75 Å². The molecule has 2 aromatic rings. The van der Waals surface area contributed by atoms with E-state index < -0.39 is 5.72 Å². The number of amides is 1. The predicted octanol–water partition coefficient (Wildman–Crippen LogP) is 2.61. The summed E-state index contributed by atoms with van der Waals surface area (Å²) in [5.41, 5.74) is 0.0417. The number of amidine groups is 1. The van der Waals surface area contributed by atoms with Crippen LogP contribution in [-0.2, 0) is 9.63 Å². The molecule has 3 rings (SSSR count). The van der Waals surface area contributed by atoms with Crippen molar-refractivity contribution in [3.05, 3.63) is 66.2 Å². The third kappa shape index (κ3) is 4.61. The lowest BCUT2D eigenvalue weighted by Gasteiger charge is -2.21. The van der Waals surface area contributed by atoms with Crippen molar-refractivity contribution < 1.29 is 14.4 Å². The number of hydrogen-bond donors (Lipinski definition) is 1. The summed E-state index contributed by atoms with van der Waals surface area (Å²) in [5, 5.41) is 4.45. The molecule has 1 N–H and O–H groups in total. The van der Waals surface area contributed by atoms with Gasteiger partial charge in [0, 0.05) is 12.6 Å². The molecule has 0 radical (unpaired) electrons. The van der Waals surface area contributed by atoms with Gasteiger partial charge in [0.15, 0.2) is 11.6 Å². The summed E-state index contributed by atoms with van der Waals surface area (Å²) in [5.74, 6) is 1.37. The molecule has 0 aliphatic carbocycles. The first-order valence-corrected chi connectivity index (χ1v) is 8.58. The second-order valence-corrected chi connectivity index (χ2v) is 6.25. The van der Waals surface area contributed by atoms with E-state index in [0.29, 0.717) is 19.0 Å². The zero-order valence-corrected chi connectivity index (χ0v) is 15.0. The van der Waals surface area contributed by atoms with Crippen molar-refractivity contribution in [2.24, 2.45) is 4.99 Å². The quantitative estimate of drug-likeness (QED) is 0.777. The van der Waals surface area contributed by atoms with Crippen LogP contribution in [0.15, 0.2) is 65.7 Å². The number of carbonyl (C=O) groups excluding carboxylic acids is 1. The number of rotatable bonds is 7. The normalized spacial score (nSPS) is 19.2. The summed E-state index contributed by atoms with van der Waals surface area (Å²) >= 11 is 0. The number of para-hydroxylation sites is 1. The Morgan fingerprint density at radius 1 is 1.15 bits per heavy atom. The maximum Gasteiger partial charge on any atom is 0.225 e. The Morgan fingerprint density at radius 2 is 1.81 bits per heavy atom. The number of benzene rings is 2. The first-order valence-electron chi connectivity index (χ1n) is 8.58. The molecule has 1 aliphatic rings. The number of carbonyl (C=O) groups is 1. The van der Waals surface area contributed by atoms with Gasteiger partial charge in [-0.1, -0.05) is 48.5 Å². The maximum atomic E-state index is 12.2. The molecule has 0 saturated heterocycles. The Hall–Kier alpha value is -2.86. The molecule has 2 aromatic carbocycles. The Kier molecular flexibility index (Phi) is 5.53. The van der Waals surface area contributed by atoms with Crippen molar-refractivity contribution in [2.75, 3.05) is 20.2 Å². The second-order valence-electron chi connectivity index (χ2n) is 6.25. The van der Waals surface area contributed by atoms with Crippen molar-refractivity contribution >= 4 is 11.7 Å². The van der Waals surface area contributed by atoms with E-state index >= 15 is 0 Å². The molecule has 1 heterocycles. The minimum atomic E-state index is -0.912. The molecular weight excluding hydrogens is 330 g/mol. The van der Waals surface area contributed by atoms with Gasteiger partial charge in [-0.05, 0) is 19.1 Å². The Bertz CT molecular complexity index is 764. The van der Waals surface area contributed by atoms with E-state index in [0.717, 1.165) is 11.3 Å². The molecule has 136 valence electrons. The highest BCUT2D eigenvalue weighted by atomic mass is 16.7. The second kappa shape index (κ2) is 8.01. The van der Waals surface area contributed by atoms with Gasteiger partial charge in [0.1, 0.15) is 12.4 Å². The summed E-state index contributed by atoms with van der Waals surface area (Å²) in [7, 11) is 1.79. The lowest BCUT2D eigenvalue weighted by molar-refractivity contribution is -0.166. The maximum absolute atomic E-state index is 12.2. The van der Waals surface area contributed by atoms with E-state index in [2.05, 4.69) is 10.3 Å². The van der Waals surface area contributed by atoms with Crippen LogP contribution in [0, 0.1) is 0 Å². The molecule has 1 aliphatic heterocycles. The highest BCUT2D eigenvalue weighted by molar-refractivity contribution is 5.99. The van der Waals surface area contributed by atoms with Crippen molar-refractivity contribution in [1.82, 2.24) is 10.4 Å². The number of hydroxylamine groups is 2. The van der Waals surface area contributed by atoms with Crippen LogP contribution in [0.25, 0.3) is 0 Å². The number of hydrogen-bond acceptors (Lipinski definition) is 5. The summed E-state index contributed by atoms with van der Waals surface area (Å²) in [4.78, 5) is 22.6. The van der Waals surface area contributed by atoms with Crippen molar-refractivity contribution in [1.29, 1.82) is 0 Å². The summed E-state index contributed by atoms with van der Waals surface area (Å²) in [6, 6.07) is 19.3. The van der Waals surface area contributed by atoms with Gasteiger partial charge in [-0.15, -0.1) is 0 Å². The van der Waals surface area contributed by atoms with Gasteiger partial charge >= 0.3 is 0 Å². The first-order chi connectivity index (χ1) is 12.6. The van der Waals surface area contributed by atoms with Gasteiger partial charge in [0.25, 0.3) is 0 Å². The molecular formula is C20H23N3O3. The SMILES string of the molecule is CN1OC(C)(CC(=O)NCCOc2ccccc2)N=C1c1ccccc1. The Morgan fingerprint density at radius 3 is 2.50 bits per heavy atom. The highest BCUT2D eigenvalue weighted by Gasteiger charge is 2.37. The third-order valence-corrected chi connectivity index (χ3v) is 3.93. The Labute approximate surface area is 153 Å². The van der Waals surface area contributed by atoms with Crippen LogP contribution in [0.3, 0.4) is 0 Å². The molecule has 26 heavy (non-hydrogen) atoms. The molecule has 0 spiro atoms. The van der Waals surface area contributed by atoms with Gasteiger partial charge in [0.05, 0.1) is 13.0 Å². The highest BCUT2D eigenvalue weighted by Crippen LogP contribution is 2.27. The average molecular weight is 353 g/mol. The van der Waals surface area contributed by atoms with E-state index in [1.165, 1.54) is 0 Å². The van der Waals surface area contributed by atoms with Crippen LogP contribution < -0.4 is 10.1 Å². The molecule has 6 nitrogen and oxygen atoms in total. The fourth-order valence-corrected chi connectivity index (χ4v) is 2.79. The van der Waals surface area contributed by atoms with E-state index in [4.69, 9.17) is 9.57 Å². The minimum Gasteiger partial charge on any atom is -0.492 e. The molecule has 0 fully saturated rings. The standard InChI is InChI=1S/C20H23N3O3/c1-20(22-19(23(2)26-20)16-9-5-3-6-10-16)15-18(24)21-13-14-25-17-11-7-4-8-12-17/h3-12H,13-15H2,1-2H3,(H,21,24). The van der Waals surface area contributed by atoms with Crippen molar-refractivity contribution in [2.45, 2.75) is 19.1 Å². The average Bonchev–Trinajstić information content (AvgIpc) is 2.94. The topological polar surface area (TPSA) is 63.2 Å². The summed E-state index contributed by atoms with van der Waals surface area (Å²) in [6.07, 6.45) is 0.138. The first kappa shape index (κ1) is 17.9. The molecule has 0 saturated carbocycles. The van der Waals surface area contributed by atoms with Crippen LogP contribution >= 0.6 is 0 Å². The molecule has 0 aromatic heterocycles. The van der Waals surface area contributed by atoms with E-state index in [9.17, 15) is 4.79 Å². The van der Waals surface area contributed by atoms with Crippen LogP contribution in [-0.4, -0.2) is 42.7 Å². The van der Waals surface area contributed by atoms with E-state index in [1.807, 2.05) is 60.7 Å². The van der Waals surface area contributed by atoms with Gasteiger partial charge < -0.3 is 10.1 Å². The number of nitrogens with zero attached hydrogens (tertiary/aromatic N) is 2. The van der Waals surface area contributed by atoms with Crippen molar-refractivity contribution in [3.8, 4) is 5.75 Å². The van der Waals surface area contributed by atoms with Crippen LogP contribution in [0.1, 0.15) is 18.9 Å². The number of nitrogens with one attached hydrogen (secondary N) is 1. The largest absolute Gasteiger partial charge is 0.492 e. The van der Waals surface area contributed by atoms with Gasteiger partial charge in [-0.25, -0.2) is 14.9 Å².